The van der Waals surface area contributed by atoms with Gasteiger partial charge < -0.3 is 19.7 Å². The maximum Gasteiger partial charge on any atom is 0.341 e. The van der Waals surface area contributed by atoms with Crippen molar-refractivity contribution >= 4 is 11.9 Å². The molecule has 1 amide bonds. The lowest BCUT2D eigenvalue weighted by Gasteiger charge is -2.12. The molecule has 1 unspecified atom stereocenters. The summed E-state index contributed by atoms with van der Waals surface area (Å²) in [4.78, 5) is 28.1. The maximum absolute atomic E-state index is 12.4. The number of methoxy groups -OCH3 is 1. The quantitative estimate of drug-likeness (QED) is 0.688. The number of ether oxygens (including phenoxy) is 1. The number of hydrogen-bond donors (Lipinski definition) is 2. The lowest BCUT2D eigenvalue weighted by Crippen LogP contribution is -2.27. The summed E-state index contributed by atoms with van der Waals surface area (Å²) >= 11 is 0. The van der Waals surface area contributed by atoms with E-state index in [0.717, 1.165) is 0 Å². The molecule has 8 nitrogen and oxygen atoms in total. The van der Waals surface area contributed by atoms with E-state index in [-0.39, 0.29) is 22.9 Å². The van der Waals surface area contributed by atoms with Crippen molar-refractivity contribution in [3.05, 3.63) is 65.7 Å². The molecular formula is C19H17N3O5. The number of pyridine rings is 1. The normalized spacial score (nSPS) is 11.6. The Hall–Kier alpha value is -3.68. The molecule has 0 spiro atoms. The first kappa shape index (κ1) is 18.1. The largest absolute Gasteiger partial charge is 0.497 e. The van der Waals surface area contributed by atoms with Crippen molar-refractivity contribution in [2.45, 2.75) is 13.0 Å². The van der Waals surface area contributed by atoms with Crippen LogP contribution in [0.5, 0.6) is 5.75 Å². The van der Waals surface area contributed by atoms with Gasteiger partial charge in [0.1, 0.15) is 17.0 Å². The zero-order valence-corrected chi connectivity index (χ0v) is 14.7. The molecule has 27 heavy (non-hydrogen) atoms. The molecule has 0 saturated heterocycles. The van der Waals surface area contributed by atoms with Crippen LogP contribution in [0.3, 0.4) is 0 Å². The average Bonchev–Trinajstić information content (AvgIpc) is 3.14. The predicted molar refractivity (Wildman–Crippen MR) is 95.6 cm³/mol. The molecule has 138 valence electrons. The molecule has 0 saturated carbocycles. The molecule has 3 aromatic rings. The predicted octanol–water partition coefficient (Wildman–Crippen LogP) is 2.93. The average molecular weight is 367 g/mol. The van der Waals surface area contributed by atoms with E-state index in [1.807, 2.05) is 0 Å². The highest BCUT2D eigenvalue weighted by Crippen LogP contribution is 2.29. The Morgan fingerprint density at radius 3 is 2.56 bits per heavy atom. The first-order valence-electron chi connectivity index (χ1n) is 8.09. The lowest BCUT2D eigenvalue weighted by molar-refractivity contribution is 0.0692. The molecule has 1 aromatic carbocycles. The molecule has 0 aliphatic heterocycles. The van der Waals surface area contributed by atoms with Gasteiger partial charge in [-0.3, -0.25) is 9.78 Å². The van der Waals surface area contributed by atoms with E-state index in [1.165, 1.54) is 13.3 Å². The van der Waals surface area contributed by atoms with Crippen molar-refractivity contribution in [1.29, 1.82) is 0 Å². The molecule has 0 aliphatic rings. The smallest absolute Gasteiger partial charge is 0.341 e. The summed E-state index contributed by atoms with van der Waals surface area (Å²) < 4.78 is 10.3. The number of carboxylic acids is 1. The molecule has 1 atom stereocenters. The minimum absolute atomic E-state index is 0.0585. The van der Waals surface area contributed by atoms with Gasteiger partial charge in [-0.2, -0.15) is 0 Å². The van der Waals surface area contributed by atoms with Crippen LogP contribution in [0.2, 0.25) is 0 Å². The van der Waals surface area contributed by atoms with Crippen LogP contribution in [-0.4, -0.2) is 34.2 Å². The number of carboxylic acid groups (broad SMARTS) is 1. The number of aromatic nitrogens is 2. The van der Waals surface area contributed by atoms with Crippen molar-refractivity contribution in [3.8, 4) is 17.0 Å². The number of carbonyl (C=O) groups is 2. The van der Waals surface area contributed by atoms with E-state index in [1.54, 1.807) is 49.5 Å². The summed E-state index contributed by atoms with van der Waals surface area (Å²) in [5.74, 6) is -0.885. The van der Waals surface area contributed by atoms with Gasteiger partial charge in [-0.15, -0.1) is 0 Å². The fourth-order valence-corrected chi connectivity index (χ4v) is 2.59. The summed E-state index contributed by atoms with van der Waals surface area (Å²) in [6.07, 6.45) is 3.07. The Balaban J connectivity index is 1.86. The van der Waals surface area contributed by atoms with Crippen molar-refractivity contribution in [3.63, 3.8) is 0 Å². The Labute approximate surface area is 154 Å². The highest BCUT2D eigenvalue weighted by atomic mass is 16.5. The van der Waals surface area contributed by atoms with Crippen LogP contribution < -0.4 is 10.1 Å². The number of amides is 1. The first-order chi connectivity index (χ1) is 13.0. The van der Waals surface area contributed by atoms with Gasteiger partial charge in [0.2, 0.25) is 0 Å². The first-order valence-corrected chi connectivity index (χ1v) is 8.09. The number of nitrogens with zero attached hydrogens (tertiary/aromatic N) is 2. The van der Waals surface area contributed by atoms with Gasteiger partial charge in [0.25, 0.3) is 5.91 Å². The summed E-state index contributed by atoms with van der Waals surface area (Å²) in [7, 11) is 1.54. The molecule has 2 aromatic heterocycles. The molecule has 3 rings (SSSR count). The van der Waals surface area contributed by atoms with Gasteiger partial charge in [0.15, 0.2) is 5.76 Å². The van der Waals surface area contributed by atoms with Crippen molar-refractivity contribution in [2.75, 3.05) is 7.11 Å². The van der Waals surface area contributed by atoms with E-state index in [2.05, 4.69) is 15.5 Å². The zero-order chi connectivity index (χ0) is 19.4. The third kappa shape index (κ3) is 3.79. The second-order valence-corrected chi connectivity index (χ2v) is 5.74. The Morgan fingerprint density at radius 1 is 1.22 bits per heavy atom. The molecule has 0 radical (unpaired) electrons. The van der Waals surface area contributed by atoms with Crippen LogP contribution in [-0.2, 0) is 0 Å². The second kappa shape index (κ2) is 7.69. The molecule has 2 heterocycles. The van der Waals surface area contributed by atoms with Gasteiger partial charge in [0, 0.05) is 23.5 Å². The lowest BCUT2D eigenvalue weighted by atomic mass is 10.0. The number of carbonyl (C=O) groups excluding carboxylic acids is 1. The number of aromatic carboxylic acids is 1. The second-order valence-electron chi connectivity index (χ2n) is 5.74. The summed E-state index contributed by atoms with van der Waals surface area (Å²) in [5, 5.41) is 16.2. The van der Waals surface area contributed by atoms with Crippen LogP contribution in [0, 0.1) is 0 Å². The summed E-state index contributed by atoms with van der Waals surface area (Å²) in [6.45, 7) is 1.63. The van der Waals surface area contributed by atoms with Gasteiger partial charge in [-0.25, -0.2) is 4.79 Å². The van der Waals surface area contributed by atoms with Crippen molar-refractivity contribution < 1.29 is 24.0 Å². The SMILES string of the molecule is COc1ccc(C(=O)NC(C)c2onc(-c3cccnc3)c2C(=O)O)cc1. The fraction of sp³-hybridized carbons (Fsp3) is 0.158. The molecule has 0 aliphatic carbocycles. The number of benzene rings is 1. The summed E-state index contributed by atoms with van der Waals surface area (Å²) in [5.41, 5.74) is 0.979. The maximum atomic E-state index is 12.4. The van der Waals surface area contributed by atoms with E-state index in [9.17, 15) is 14.7 Å². The number of hydrogen-bond acceptors (Lipinski definition) is 6. The van der Waals surface area contributed by atoms with Crippen LogP contribution >= 0.6 is 0 Å². The topological polar surface area (TPSA) is 115 Å². The monoisotopic (exact) mass is 367 g/mol. The minimum atomic E-state index is -1.20. The van der Waals surface area contributed by atoms with Crippen LogP contribution in [0.15, 0.2) is 53.3 Å². The van der Waals surface area contributed by atoms with Gasteiger partial charge in [-0.1, -0.05) is 5.16 Å². The molecule has 8 heteroatoms. The molecule has 2 N–H and O–H groups in total. The van der Waals surface area contributed by atoms with E-state index >= 15 is 0 Å². The minimum Gasteiger partial charge on any atom is -0.497 e. The zero-order valence-electron chi connectivity index (χ0n) is 14.7. The highest BCUT2D eigenvalue weighted by molar-refractivity contribution is 5.97. The Bertz CT molecular complexity index is 951. The van der Waals surface area contributed by atoms with Gasteiger partial charge in [-0.05, 0) is 43.3 Å². The van der Waals surface area contributed by atoms with E-state index in [0.29, 0.717) is 16.9 Å². The molecule has 0 fully saturated rings. The number of rotatable bonds is 6. The highest BCUT2D eigenvalue weighted by Gasteiger charge is 2.28. The van der Waals surface area contributed by atoms with Crippen molar-refractivity contribution in [1.82, 2.24) is 15.5 Å². The Morgan fingerprint density at radius 2 is 1.96 bits per heavy atom. The molecular weight excluding hydrogens is 350 g/mol. The van der Waals surface area contributed by atoms with Crippen LogP contribution in [0.1, 0.15) is 39.4 Å². The standard InChI is InChI=1S/C19H17N3O5/c1-11(21-18(23)12-5-7-14(26-2)8-6-12)17-15(19(24)25)16(22-27-17)13-4-3-9-20-10-13/h3-11H,1-2H3,(H,21,23)(H,24,25). The third-order valence-electron chi connectivity index (χ3n) is 3.96. The van der Waals surface area contributed by atoms with Gasteiger partial charge in [0.05, 0.1) is 13.2 Å². The fourth-order valence-electron chi connectivity index (χ4n) is 2.59. The number of nitrogens with one attached hydrogen (secondary N) is 1. The Kier molecular flexibility index (Phi) is 5.16. The van der Waals surface area contributed by atoms with E-state index in [4.69, 9.17) is 9.26 Å². The van der Waals surface area contributed by atoms with Crippen molar-refractivity contribution in [2.24, 2.45) is 0 Å². The molecule has 0 bridgehead atoms. The van der Waals surface area contributed by atoms with Crippen LogP contribution in [0.25, 0.3) is 11.3 Å². The third-order valence-corrected chi connectivity index (χ3v) is 3.96. The van der Waals surface area contributed by atoms with E-state index < -0.39 is 12.0 Å². The van der Waals surface area contributed by atoms with Crippen LogP contribution in [0.4, 0.5) is 0 Å². The summed E-state index contributed by atoms with van der Waals surface area (Å²) in [6, 6.07) is 9.20. The van der Waals surface area contributed by atoms with Gasteiger partial charge >= 0.3 is 5.97 Å².